The van der Waals surface area contributed by atoms with Crippen molar-refractivity contribution in [2.24, 2.45) is 0 Å². The summed E-state index contributed by atoms with van der Waals surface area (Å²) >= 11 is 0. The van der Waals surface area contributed by atoms with E-state index in [1.54, 1.807) is 12.1 Å². The number of aryl methyl sites for hydroxylation is 1. The summed E-state index contributed by atoms with van der Waals surface area (Å²) in [5, 5.41) is 3.75. The van der Waals surface area contributed by atoms with E-state index in [0.717, 1.165) is 17.8 Å². The number of aromatic nitrogens is 1. The maximum atomic E-state index is 12.5. The number of benzene rings is 1. The summed E-state index contributed by atoms with van der Waals surface area (Å²) in [6.07, 6.45) is -3.66. The second-order valence-electron chi connectivity index (χ2n) is 3.61. The maximum Gasteiger partial charge on any atom is 0.416 e. The van der Waals surface area contributed by atoms with E-state index in [4.69, 9.17) is 4.52 Å². The van der Waals surface area contributed by atoms with Crippen molar-refractivity contribution in [3.63, 3.8) is 0 Å². The number of nitrogens with zero attached hydrogens (tertiary/aromatic N) is 1. The van der Waals surface area contributed by atoms with E-state index < -0.39 is 11.7 Å². The molecule has 0 N–H and O–H groups in total. The fourth-order valence-corrected chi connectivity index (χ4v) is 1.46. The van der Waals surface area contributed by atoms with Gasteiger partial charge in [0.15, 0.2) is 5.76 Å². The molecule has 0 fully saturated rings. The predicted octanol–water partition coefficient (Wildman–Crippen LogP) is 3.92. The Morgan fingerprint density at radius 2 is 2.00 bits per heavy atom. The molecule has 2 aromatic rings. The Labute approximate surface area is 96.0 Å². The predicted molar refractivity (Wildman–Crippen MR) is 56.3 cm³/mol. The molecule has 0 radical (unpaired) electrons. The molecule has 0 amide bonds. The Bertz CT molecular complexity index is 516. The molecular weight excluding hydrogens is 231 g/mol. The molecule has 0 bridgehead atoms. The van der Waals surface area contributed by atoms with Crippen molar-refractivity contribution in [3.8, 4) is 11.3 Å². The number of halogens is 3. The minimum absolute atomic E-state index is 0.355. The molecule has 1 aromatic heterocycles. The van der Waals surface area contributed by atoms with Gasteiger partial charge in [0.1, 0.15) is 0 Å². The lowest BCUT2D eigenvalue weighted by molar-refractivity contribution is -0.137. The molecule has 90 valence electrons. The molecule has 0 aliphatic carbocycles. The highest BCUT2D eigenvalue weighted by Crippen LogP contribution is 2.32. The number of rotatable bonds is 2. The summed E-state index contributed by atoms with van der Waals surface area (Å²) in [5.41, 5.74) is 0.411. The van der Waals surface area contributed by atoms with Crippen molar-refractivity contribution in [3.05, 3.63) is 41.6 Å². The highest BCUT2D eigenvalue weighted by atomic mass is 19.4. The van der Waals surface area contributed by atoms with Crippen molar-refractivity contribution < 1.29 is 17.7 Å². The van der Waals surface area contributed by atoms with Crippen molar-refractivity contribution in [1.29, 1.82) is 0 Å². The zero-order chi connectivity index (χ0) is 12.5. The molecule has 0 unspecified atom stereocenters. The molecule has 0 saturated carbocycles. The van der Waals surface area contributed by atoms with Crippen LogP contribution < -0.4 is 0 Å². The molecule has 2 nitrogen and oxygen atoms in total. The average Bonchev–Trinajstić information content (AvgIpc) is 2.76. The first-order chi connectivity index (χ1) is 8.00. The Morgan fingerprint density at radius 1 is 1.24 bits per heavy atom. The zero-order valence-electron chi connectivity index (χ0n) is 9.08. The third kappa shape index (κ3) is 2.49. The van der Waals surface area contributed by atoms with Crippen LogP contribution in [0.3, 0.4) is 0 Å². The number of hydrogen-bond acceptors (Lipinski definition) is 2. The Kier molecular flexibility index (Phi) is 2.92. The van der Waals surface area contributed by atoms with Crippen LogP contribution in [0.2, 0.25) is 0 Å². The molecule has 5 heteroatoms. The Hall–Kier alpha value is -1.78. The van der Waals surface area contributed by atoms with Crippen LogP contribution in [0, 0.1) is 0 Å². The van der Waals surface area contributed by atoms with Gasteiger partial charge in [-0.3, -0.25) is 0 Å². The van der Waals surface area contributed by atoms with E-state index in [0.29, 0.717) is 17.7 Å². The van der Waals surface area contributed by atoms with Gasteiger partial charge in [-0.1, -0.05) is 24.2 Å². The maximum absolute atomic E-state index is 12.5. The second kappa shape index (κ2) is 4.24. The van der Waals surface area contributed by atoms with Crippen LogP contribution in [0.5, 0.6) is 0 Å². The van der Waals surface area contributed by atoms with Crippen LogP contribution in [0.1, 0.15) is 18.2 Å². The third-order valence-corrected chi connectivity index (χ3v) is 2.40. The summed E-state index contributed by atoms with van der Waals surface area (Å²) in [4.78, 5) is 0. The Morgan fingerprint density at radius 3 is 2.59 bits per heavy atom. The molecule has 0 aliphatic heterocycles. The SMILES string of the molecule is CCc1cc(-c2cccc(C(F)(F)F)c2)on1. The van der Waals surface area contributed by atoms with E-state index in [9.17, 15) is 13.2 Å². The van der Waals surface area contributed by atoms with Crippen LogP contribution in [0.15, 0.2) is 34.9 Å². The van der Waals surface area contributed by atoms with Crippen LogP contribution in [0.25, 0.3) is 11.3 Å². The van der Waals surface area contributed by atoms with E-state index in [-0.39, 0.29) is 0 Å². The van der Waals surface area contributed by atoms with Gasteiger partial charge in [-0.2, -0.15) is 13.2 Å². The first-order valence-corrected chi connectivity index (χ1v) is 5.14. The lowest BCUT2D eigenvalue weighted by atomic mass is 10.1. The van der Waals surface area contributed by atoms with Crippen molar-refractivity contribution in [2.75, 3.05) is 0 Å². The summed E-state index contributed by atoms with van der Waals surface area (Å²) in [5.74, 6) is 0.355. The molecule has 0 spiro atoms. The van der Waals surface area contributed by atoms with E-state index in [2.05, 4.69) is 5.16 Å². The van der Waals surface area contributed by atoms with Gasteiger partial charge in [0.25, 0.3) is 0 Å². The van der Waals surface area contributed by atoms with Gasteiger partial charge in [-0.25, -0.2) is 0 Å². The molecule has 1 heterocycles. The van der Waals surface area contributed by atoms with Crippen LogP contribution in [-0.4, -0.2) is 5.16 Å². The summed E-state index contributed by atoms with van der Waals surface area (Å²) in [7, 11) is 0. The molecule has 17 heavy (non-hydrogen) atoms. The minimum atomic E-state index is -4.34. The molecular formula is C12H10F3NO. The quantitative estimate of drug-likeness (QED) is 0.796. The van der Waals surface area contributed by atoms with Crippen LogP contribution >= 0.6 is 0 Å². The van der Waals surface area contributed by atoms with Crippen molar-refractivity contribution >= 4 is 0 Å². The van der Waals surface area contributed by atoms with Gasteiger partial charge in [0.2, 0.25) is 0 Å². The second-order valence-corrected chi connectivity index (χ2v) is 3.61. The standard InChI is InChI=1S/C12H10F3NO/c1-2-10-7-11(17-16-10)8-4-3-5-9(6-8)12(13,14)15/h3-7H,2H2,1H3. The topological polar surface area (TPSA) is 26.0 Å². The number of alkyl halides is 3. The highest BCUT2D eigenvalue weighted by Gasteiger charge is 2.30. The molecule has 0 aliphatic rings. The van der Waals surface area contributed by atoms with Crippen molar-refractivity contribution in [2.45, 2.75) is 19.5 Å². The fraction of sp³-hybridized carbons (Fsp3) is 0.250. The first kappa shape index (κ1) is 11.7. The molecule has 0 saturated heterocycles. The van der Waals surface area contributed by atoms with Crippen LogP contribution in [0.4, 0.5) is 13.2 Å². The zero-order valence-corrected chi connectivity index (χ0v) is 9.08. The largest absolute Gasteiger partial charge is 0.416 e. The monoisotopic (exact) mass is 241 g/mol. The smallest absolute Gasteiger partial charge is 0.356 e. The van der Waals surface area contributed by atoms with Crippen molar-refractivity contribution in [1.82, 2.24) is 5.16 Å². The lowest BCUT2D eigenvalue weighted by Crippen LogP contribution is -2.04. The van der Waals surface area contributed by atoms with Gasteiger partial charge in [0.05, 0.1) is 11.3 Å². The van der Waals surface area contributed by atoms with E-state index in [1.165, 1.54) is 6.07 Å². The summed E-state index contributed by atoms with van der Waals surface area (Å²) in [6, 6.07) is 6.65. The van der Waals surface area contributed by atoms with Gasteiger partial charge in [0, 0.05) is 11.6 Å². The highest BCUT2D eigenvalue weighted by molar-refractivity contribution is 5.58. The first-order valence-electron chi connectivity index (χ1n) is 5.14. The average molecular weight is 241 g/mol. The molecule has 1 aromatic carbocycles. The minimum Gasteiger partial charge on any atom is -0.356 e. The Balaban J connectivity index is 2.39. The van der Waals surface area contributed by atoms with Gasteiger partial charge in [-0.05, 0) is 18.6 Å². The molecule has 0 atom stereocenters. The van der Waals surface area contributed by atoms with E-state index >= 15 is 0 Å². The van der Waals surface area contributed by atoms with E-state index in [1.807, 2.05) is 6.92 Å². The summed E-state index contributed by atoms with van der Waals surface area (Å²) < 4.78 is 42.5. The normalized spacial score (nSPS) is 11.8. The number of hydrogen-bond donors (Lipinski definition) is 0. The van der Waals surface area contributed by atoms with Crippen LogP contribution in [-0.2, 0) is 12.6 Å². The van der Waals surface area contributed by atoms with Gasteiger partial charge in [-0.15, -0.1) is 0 Å². The van der Waals surface area contributed by atoms with Gasteiger partial charge < -0.3 is 4.52 Å². The third-order valence-electron chi connectivity index (χ3n) is 2.40. The summed E-state index contributed by atoms with van der Waals surface area (Å²) in [6.45, 7) is 1.90. The molecule has 2 rings (SSSR count). The van der Waals surface area contributed by atoms with Gasteiger partial charge >= 0.3 is 6.18 Å². The fourth-order valence-electron chi connectivity index (χ4n) is 1.46. The lowest BCUT2D eigenvalue weighted by Gasteiger charge is -2.06.